The van der Waals surface area contributed by atoms with E-state index in [4.69, 9.17) is 0 Å². The summed E-state index contributed by atoms with van der Waals surface area (Å²) in [5.41, 5.74) is -2.80. The Morgan fingerprint density at radius 1 is 1.40 bits per heavy atom. The summed E-state index contributed by atoms with van der Waals surface area (Å²) < 4.78 is 40.1. The maximum Gasteiger partial charge on any atom is 0.411 e. The molecule has 3 nitrogen and oxygen atoms in total. The molecule has 1 heterocycles. The highest BCUT2D eigenvalue weighted by Gasteiger charge is 2.71. The van der Waals surface area contributed by atoms with Crippen molar-refractivity contribution in [3.63, 3.8) is 0 Å². The van der Waals surface area contributed by atoms with Crippen LogP contribution in [0.5, 0.6) is 0 Å². The predicted molar refractivity (Wildman–Crippen MR) is 69.9 cm³/mol. The number of amides is 1. The van der Waals surface area contributed by atoms with Crippen LogP contribution in [0.15, 0.2) is 0 Å². The number of carbonyl (C=O) groups is 1. The molecule has 20 heavy (non-hydrogen) atoms. The van der Waals surface area contributed by atoms with Gasteiger partial charge in [-0.15, -0.1) is 0 Å². The van der Waals surface area contributed by atoms with Crippen molar-refractivity contribution in [1.82, 2.24) is 10.2 Å². The Bertz CT molecular complexity index is 404. The fourth-order valence-corrected chi connectivity index (χ4v) is 3.04. The maximum absolute atomic E-state index is 13.4. The standard InChI is InChI=1S/C14H23F3N2O/c1-5-12(4)11(20)19(10(18-12)8-9(2)3)13(6-7-13)14(15,16)17/h9-10,18H,5-8H2,1-4H3. The molecule has 0 bridgehead atoms. The van der Waals surface area contributed by atoms with Gasteiger partial charge in [0.15, 0.2) is 0 Å². The number of hydrogen-bond donors (Lipinski definition) is 1. The Hall–Kier alpha value is -0.780. The Balaban J connectivity index is 2.35. The first kappa shape index (κ1) is 15.6. The normalized spacial score (nSPS) is 33.1. The van der Waals surface area contributed by atoms with Crippen molar-refractivity contribution in [2.75, 3.05) is 0 Å². The lowest BCUT2D eigenvalue weighted by molar-refractivity contribution is -0.203. The van der Waals surface area contributed by atoms with E-state index in [0.717, 1.165) is 4.90 Å². The SMILES string of the molecule is CCC1(C)NC(CC(C)C)N(C2(C(F)(F)F)CC2)C1=O. The summed E-state index contributed by atoms with van der Waals surface area (Å²) >= 11 is 0. The smallest absolute Gasteiger partial charge is 0.311 e. The lowest BCUT2D eigenvalue weighted by atomic mass is 9.98. The lowest BCUT2D eigenvalue weighted by Crippen LogP contribution is -2.54. The second-order valence-corrected chi connectivity index (χ2v) is 6.68. The van der Waals surface area contributed by atoms with E-state index in [1.807, 2.05) is 20.8 Å². The van der Waals surface area contributed by atoms with Crippen LogP contribution in [-0.2, 0) is 4.79 Å². The minimum Gasteiger partial charge on any atom is -0.311 e. The molecule has 6 heteroatoms. The van der Waals surface area contributed by atoms with Crippen molar-refractivity contribution in [2.24, 2.45) is 5.92 Å². The quantitative estimate of drug-likeness (QED) is 0.863. The van der Waals surface area contributed by atoms with Gasteiger partial charge in [0.05, 0.1) is 11.7 Å². The van der Waals surface area contributed by atoms with Crippen LogP contribution in [0, 0.1) is 5.92 Å². The molecule has 0 aromatic carbocycles. The molecule has 0 aromatic heterocycles. The van der Waals surface area contributed by atoms with E-state index in [9.17, 15) is 18.0 Å². The fourth-order valence-electron chi connectivity index (χ4n) is 3.04. The highest BCUT2D eigenvalue weighted by molar-refractivity contribution is 5.89. The molecule has 2 atom stereocenters. The third-order valence-electron chi connectivity index (χ3n) is 4.60. The summed E-state index contributed by atoms with van der Waals surface area (Å²) in [6.45, 7) is 7.45. The molecule has 1 saturated heterocycles. The molecule has 2 fully saturated rings. The van der Waals surface area contributed by atoms with Crippen molar-refractivity contribution in [2.45, 2.75) is 76.8 Å². The number of hydrogen-bond acceptors (Lipinski definition) is 2. The topological polar surface area (TPSA) is 32.3 Å². The monoisotopic (exact) mass is 292 g/mol. The van der Waals surface area contributed by atoms with Gasteiger partial charge in [0, 0.05) is 0 Å². The van der Waals surface area contributed by atoms with Gasteiger partial charge < -0.3 is 4.90 Å². The average Bonchev–Trinajstić information content (AvgIpc) is 3.04. The molecular weight excluding hydrogens is 269 g/mol. The first-order chi connectivity index (χ1) is 9.07. The van der Waals surface area contributed by atoms with Crippen molar-refractivity contribution in [3.05, 3.63) is 0 Å². The minimum atomic E-state index is -4.35. The van der Waals surface area contributed by atoms with E-state index in [2.05, 4.69) is 5.32 Å². The van der Waals surface area contributed by atoms with Gasteiger partial charge in [-0.3, -0.25) is 10.1 Å². The summed E-state index contributed by atoms with van der Waals surface area (Å²) in [6, 6.07) is 0. The number of alkyl halides is 3. The van der Waals surface area contributed by atoms with E-state index in [0.29, 0.717) is 12.8 Å². The van der Waals surface area contributed by atoms with Crippen LogP contribution in [0.25, 0.3) is 0 Å². The third kappa shape index (κ3) is 2.22. The molecule has 0 radical (unpaired) electrons. The van der Waals surface area contributed by atoms with Crippen LogP contribution in [0.1, 0.15) is 53.4 Å². The summed E-state index contributed by atoms with van der Waals surface area (Å²) in [7, 11) is 0. The van der Waals surface area contributed by atoms with Crippen LogP contribution in [0.4, 0.5) is 13.2 Å². The molecule has 1 aliphatic carbocycles. The van der Waals surface area contributed by atoms with Crippen LogP contribution < -0.4 is 5.32 Å². The number of halogens is 3. The zero-order chi connectivity index (χ0) is 15.3. The largest absolute Gasteiger partial charge is 0.411 e. The van der Waals surface area contributed by atoms with Gasteiger partial charge in [-0.05, 0) is 38.5 Å². The van der Waals surface area contributed by atoms with Crippen LogP contribution >= 0.6 is 0 Å². The molecule has 1 aliphatic heterocycles. The Morgan fingerprint density at radius 2 is 1.95 bits per heavy atom. The highest BCUT2D eigenvalue weighted by atomic mass is 19.4. The lowest BCUT2D eigenvalue weighted by Gasteiger charge is -2.35. The number of carbonyl (C=O) groups excluding carboxylic acids is 1. The van der Waals surface area contributed by atoms with Crippen molar-refractivity contribution >= 4 is 5.91 Å². The Morgan fingerprint density at radius 3 is 2.30 bits per heavy atom. The third-order valence-corrected chi connectivity index (χ3v) is 4.60. The number of nitrogens with zero attached hydrogens (tertiary/aromatic N) is 1. The second kappa shape index (κ2) is 4.61. The molecule has 1 saturated carbocycles. The molecule has 116 valence electrons. The average molecular weight is 292 g/mol. The van der Waals surface area contributed by atoms with Gasteiger partial charge in [-0.2, -0.15) is 13.2 Å². The van der Waals surface area contributed by atoms with Gasteiger partial charge >= 0.3 is 6.18 Å². The first-order valence-corrected chi connectivity index (χ1v) is 7.25. The van der Waals surface area contributed by atoms with Crippen molar-refractivity contribution < 1.29 is 18.0 Å². The summed E-state index contributed by atoms with van der Waals surface area (Å²) in [6.07, 6.45) is -3.78. The second-order valence-electron chi connectivity index (χ2n) is 6.68. The molecule has 0 spiro atoms. The van der Waals surface area contributed by atoms with Gasteiger partial charge in [-0.25, -0.2) is 0 Å². The van der Waals surface area contributed by atoms with Crippen molar-refractivity contribution in [1.29, 1.82) is 0 Å². The van der Waals surface area contributed by atoms with E-state index in [-0.39, 0.29) is 18.8 Å². The zero-order valence-corrected chi connectivity index (χ0v) is 12.5. The summed E-state index contributed by atoms with van der Waals surface area (Å²) in [4.78, 5) is 13.7. The van der Waals surface area contributed by atoms with Crippen molar-refractivity contribution in [3.8, 4) is 0 Å². The first-order valence-electron chi connectivity index (χ1n) is 7.25. The zero-order valence-electron chi connectivity index (χ0n) is 12.5. The van der Waals surface area contributed by atoms with Gasteiger partial charge in [-0.1, -0.05) is 20.8 Å². The minimum absolute atomic E-state index is 0.0261. The predicted octanol–water partition coefficient (Wildman–Crippen LogP) is 3.05. The molecular formula is C14H23F3N2O. The van der Waals surface area contributed by atoms with Gasteiger partial charge in [0.1, 0.15) is 5.54 Å². The van der Waals surface area contributed by atoms with E-state index in [1.165, 1.54) is 0 Å². The van der Waals surface area contributed by atoms with Crippen LogP contribution in [0.3, 0.4) is 0 Å². The molecule has 2 unspecified atom stereocenters. The number of rotatable bonds is 4. The highest BCUT2D eigenvalue weighted by Crippen LogP contribution is 2.56. The molecule has 1 amide bonds. The molecule has 2 rings (SSSR count). The molecule has 2 aliphatic rings. The van der Waals surface area contributed by atoms with Gasteiger partial charge in [0.25, 0.3) is 0 Å². The summed E-state index contributed by atoms with van der Waals surface area (Å²) in [5, 5.41) is 3.14. The van der Waals surface area contributed by atoms with Crippen LogP contribution in [0.2, 0.25) is 0 Å². The Labute approximate surface area is 117 Å². The summed E-state index contributed by atoms with van der Waals surface area (Å²) in [5.74, 6) is -0.175. The van der Waals surface area contributed by atoms with Crippen LogP contribution in [-0.4, -0.2) is 34.2 Å². The number of nitrogens with one attached hydrogen (secondary N) is 1. The Kier molecular flexibility index (Phi) is 3.60. The maximum atomic E-state index is 13.4. The van der Waals surface area contributed by atoms with E-state index >= 15 is 0 Å². The van der Waals surface area contributed by atoms with Gasteiger partial charge in [0.2, 0.25) is 5.91 Å². The fraction of sp³-hybridized carbons (Fsp3) is 0.929. The molecule has 0 aromatic rings. The van der Waals surface area contributed by atoms with E-state index in [1.54, 1.807) is 6.92 Å². The molecule has 1 N–H and O–H groups in total. The van der Waals surface area contributed by atoms with E-state index < -0.39 is 29.3 Å².